The Bertz CT molecular complexity index is 1180. The fourth-order valence-electron chi connectivity index (χ4n) is 3.02. The van der Waals surface area contributed by atoms with E-state index in [0.29, 0.717) is 0 Å². The van der Waals surface area contributed by atoms with Crippen molar-refractivity contribution in [3.63, 3.8) is 0 Å². The van der Waals surface area contributed by atoms with Gasteiger partial charge < -0.3 is 0 Å². The van der Waals surface area contributed by atoms with Gasteiger partial charge in [-0.2, -0.15) is 0 Å². The Balaban J connectivity index is 2.56. The van der Waals surface area contributed by atoms with E-state index in [1.165, 1.54) is 0 Å². The Morgan fingerprint density at radius 2 is 0.417 bits per heavy atom. The van der Waals surface area contributed by atoms with E-state index in [9.17, 15) is 28.8 Å². The zero-order valence-corrected chi connectivity index (χ0v) is 11.9. The molecule has 0 aliphatic heterocycles. The van der Waals surface area contributed by atoms with Gasteiger partial charge in [-0.15, -0.1) is 0 Å². The highest BCUT2D eigenvalue weighted by Gasteiger charge is 2.14. The van der Waals surface area contributed by atoms with E-state index in [0.717, 1.165) is 36.4 Å². The first kappa shape index (κ1) is 14.1. The third-order valence-electron chi connectivity index (χ3n) is 4.12. The first-order valence-corrected chi connectivity index (χ1v) is 6.94. The van der Waals surface area contributed by atoms with E-state index in [2.05, 4.69) is 0 Å². The Hall–Kier alpha value is -3.54. The topological polar surface area (TPSA) is 102 Å². The molecular formula is C18H6O6. The molecule has 0 fully saturated rings. The summed E-state index contributed by atoms with van der Waals surface area (Å²) in [5.41, 5.74) is -4.56. The molecule has 6 heteroatoms. The zero-order valence-electron chi connectivity index (χ0n) is 11.9. The van der Waals surface area contributed by atoms with Crippen LogP contribution in [0.2, 0.25) is 0 Å². The fourth-order valence-corrected chi connectivity index (χ4v) is 3.02. The summed E-state index contributed by atoms with van der Waals surface area (Å²) in [6.07, 6.45) is 0. The summed E-state index contributed by atoms with van der Waals surface area (Å²) in [6, 6.07) is 6.49. The smallest absolute Gasteiger partial charge is 0.226 e. The lowest BCUT2D eigenvalue weighted by Crippen LogP contribution is -2.24. The maximum atomic E-state index is 11.7. The minimum atomic E-state index is -0.760. The number of hydrogen-bond donors (Lipinski definition) is 0. The van der Waals surface area contributed by atoms with E-state index in [-0.39, 0.29) is 32.3 Å². The predicted octanol–water partition coefficient (Wildman–Crippen LogP) is -0.379. The van der Waals surface area contributed by atoms with Crippen LogP contribution in [0, 0.1) is 0 Å². The maximum absolute atomic E-state index is 11.7. The van der Waals surface area contributed by atoms with Gasteiger partial charge in [0.25, 0.3) is 0 Å². The van der Waals surface area contributed by atoms with E-state index < -0.39 is 32.6 Å². The fraction of sp³-hybridized carbons (Fsp3) is 0. The van der Waals surface area contributed by atoms with Crippen molar-refractivity contribution in [2.75, 3.05) is 0 Å². The molecule has 0 bridgehead atoms. The molecule has 114 valence electrons. The first-order valence-electron chi connectivity index (χ1n) is 6.94. The van der Waals surface area contributed by atoms with E-state index in [1.54, 1.807) is 0 Å². The average molecular weight is 318 g/mol. The maximum Gasteiger partial charge on any atom is 0.226 e. The molecule has 0 spiro atoms. The largest absolute Gasteiger partial charge is 0.286 e. The van der Waals surface area contributed by atoms with Gasteiger partial charge >= 0.3 is 0 Å². The molecule has 0 aromatic heterocycles. The summed E-state index contributed by atoms with van der Waals surface area (Å²) in [7, 11) is 0. The SMILES string of the molecule is O=c1cc2c3cc(=O)c(=O)cc3c3cc(=O)c(=O)cc3c2cc1=O. The Morgan fingerprint density at radius 1 is 0.292 bits per heavy atom. The quantitative estimate of drug-likeness (QED) is 0.323. The third kappa shape index (κ3) is 1.77. The molecule has 4 rings (SSSR count). The van der Waals surface area contributed by atoms with Crippen LogP contribution < -0.4 is 32.6 Å². The minimum absolute atomic E-state index is 0.289. The van der Waals surface area contributed by atoms with Crippen LogP contribution >= 0.6 is 0 Å². The van der Waals surface area contributed by atoms with Gasteiger partial charge in [-0.3, -0.25) is 28.8 Å². The number of fused-ring (bicyclic) bond motifs is 6. The second-order valence-corrected chi connectivity index (χ2v) is 5.53. The molecule has 6 nitrogen and oxygen atoms in total. The molecule has 0 heterocycles. The van der Waals surface area contributed by atoms with Crippen molar-refractivity contribution in [2.24, 2.45) is 0 Å². The van der Waals surface area contributed by atoms with Crippen LogP contribution in [0.15, 0.2) is 65.2 Å². The summed E-state index contributed by atoms with van der Waals surface area (Å²) < 4.78 is 0. The van der Waals surface area contributed by atoms with Crippen molar-refractivity contribution in [1.82, 2.24) is 0 Å². The van der Waals surface area contributed by atoms with Crippen molar-refractivity contribution >= 4 is 32.3 Å². The number of benzene rings is 4. The summed E-state index contributed by atoms with van der Waals surface area (Å²) in [5, 5.41) is 1.73. The van der Waals surface area contributed by atoms with Gasteiger partial charge in [0.1, 0.15) is 0 Å². The van der Waals surface area contributed by atoms with Gasteiger partial charge in [0, 0.05) is 0 Å². The lowest BCUT2D eigenvalue weighted by molar-refractivity contribution is 1.50. The molecule has 0 amide bonds. The van der Waals surface area contributed by atoms with Crippen molar-refractivity contribution in [1.29, 1.82) is 0 Å². The molecule has 0 N–H and O–H groups in total. The second-order valence-electron chi connectivity index (χ2n) is 5.53. The van der Waals surface area contributed by atoms with Crippen LogP contribution in [0.4, 0.5) is 0 Å². The highest BCUT2D eigenvalue weighted by Crippen LogP contribution is 2.31. The summed E-state index contributed by atoms with van der Waals surface area (Å²) >= 11 is 0. The third-order valence-corrected chi connectivity index (χ3v) is 4.12. The van der Waals surface area contributed by atoms with Gasteiger partial charge in [-0.1, -0.05) is 0 Å². The lowest BCUT2D eigenvalue weighted by atomic mass is 9.94. The van der Waals surface area contributed by atoms with Crippen LogP contribution in [-0.2, 0) is 0 Å². The number of hydrogen-bond acceptors (Lipinski definition) is 6. The van der Waals surface area contributed by atoms with Gasteiger partial charge in [-0.25, -0.2) is 0 Å². The van der Waals surface area contributed by atoms with Gasteiger partial charge in [-0.05, 0) is 68.7 Å². The molecule has 0 aliphatic carbocycles. The van der Waals surface area contributed by atoms with Gasteiger partial charge in [0.2, 0.25) is 32.6 Å². The normalized spacial score (nSPS) is 11.5. The molecule has 0 radical (unpaired) electrons. The lowest BCUT2D eigenvalue weighted by Gasteiger charge is -2.07. The van der Waals surface area contributed by atoms with E-state index in [1.807, 2.05) is 0 Å². The van der Waals surface area contributed by atoms with Crippen LogP contribution in [-0.4, -0.2) is 0 Å². The molecule has 0 saturated carbocycles. The first-order chi connectivity index (χ1) is 11.4. The van der Waals surface area contributed by atoms with E-state index >= 15 is 0 Å². The second kappa shape index (κ2) is 4.48. The Morgan fingerprint density at radius 3 is 0.542 bits per heavy atom. The van der Waals surface area contributed by atoms with E-state index in [4.69, 9.17) is 0 Å². The highest BCUT2D eigenvalue weighted by atomic mass is 16.2. The molecule has 0 atom stereocenters. The van der Waals surface area contributed by atoms with Crippen molar-refractivity contribution < 1.29 is 0 Å². The van der Waals surface area contributed by atoms with Crippen molar-refractivity contribution in [3.05, 3.63) is 97.7 Å². The average Bonchev–Trinajstić information content (AvgIpc) is 2.53. The van der Waals surface area contributed by atoms with Crippen LogP contribution in [0.3, 0.4) is 0 Å². The van der Waals surface area contributed by atoms with Gasteiger partial charge in [0.15, 0.2) is 0 Å². The Labute approximate surface area is 130 Å². The van der Waals surface area contributed by atoms with Crippen molar-refractivity contribution in [2.45, 2.75) is 0 Å². The molecule has 0 aliphatic rings. The van der Waals surface area contributed by atoms with Crippen LogP contribution in [0.1, 0.15) is 0 Å². The molecule has 0 saturated heterocycles. The summed E-state index contributed by atoms with van der Waals surface area (Å²) in [4.78, 5) is 70.3. The molecule has 24 heavy (non-hydrogen) atoms. The number of rotatable bonds is 0. The highest BCUT2D eigenvalue weighted by molar-refractivity contribution is 6.25. The minimum Gasteiger partial charge on any atom is -0.286 e. The molecule has 4 aromatic rings. The Kier molecular flexibility index (Phi) is 2.63. The standard InChI is InChI=1S/C18H6O6/c19-13-1-7-8(2-14(13)20)10-4-17(23)18(24)6-12(10)11-5-16(22)15(21)3-9(7)11/h1-6H. The predicted molar refractivity (Wildman–Crippen MR) is 90.1 cm³/mol. The molecular weight excluding hydrogens is 312 g/mol. The van der Waals surface area contributed by atoms with Gasteiger partial charge in [0.05, 0.1) is 0 Å². The summed E-state index contributed by atoms with van der Waals surface area (Å²) in [5.74, 6) is 0. The van der Waals surface area contributed by atoms with Crippen molar-refractivity contribution in [3.8, 4) is 0 Å². The molecule has 4 aromatic carbocycles. The van der Waals surface area contributed by atoms with Crippen LogP contribution in [0.5, 0.6) is 0 Å². The molecule has 0 unspecified atom stereocenters. The van der Waals surface area contributed by atoms with Crippen LogP contribution in [0.25, 0.3) is 32.3 Å². The monoisotopic (exact) mass is 318 g/mol. The summed E-state index contributed by atoms with van der Waals surface area (Å²) in [6.45, 7) is 0. The zero-order chi connectivity index (χ0) is 17.2.